The van der Waals surface area contributed by atoms with Crippen LogP contribution in [0.15, 0.2) is 91.0 Å². The summed E-state index contributed by atoms with van der Waals surface area (Å²) in [4.78, 5) is 12.1. The van der Waals surface area contributed by atoms with Crippen molar-refractivity contribution in [3.8, 4) is 22.3 Å². The zero-order chi connectivity index (χ0) is 21.8. The van der Waals surface area contributed by atoms with Crippen molar-refractivity contribution in [2.24, 2.45) is 0 Å². The Morgan fingerprint density at radius 3 is 1.69 bits per heavy atom. The minimum Gasteiger partial charge on any atom is -0.298 e. The van der Waals surface area contributed by atoms with E-state index in [1.165, 1.54) is 49.2 Å². The third-order valence-corrected chi connectivity index (χ3v) is 6.67. The van der Waals surface area contributed by atoms with E-state index < -0.39 is 0 Å². The van der Waals surface area contributed by atoms with Gasteiger partial charge in [0.25, 0.3) is 0 Å². The van der Waals surface area contributed by atoms with E-state index in [9.17, 15) is 4.79 Å². The highest BCUT2D eigenvalue weighted by molar-refractivity contribution is 6.29. The summed E-state index contributed by atoms with van der Waals surface area (Å²) in [7, 11) is 0. The summed E-state index contributed by atoms with van der Waals surface area (Å²) >= 11 is 0. The number of carbonyl (C=O) groups is 1. The van der Waals surface area contributed by atoms with Crippen LogP contribution in [0.3, 0.4) is 0 Å². The smallest absolute Gasteiger partial charge is 0.150 e. The molecule has 0 unspecified atom stereocenters. The summed E-state index contributed by atoms with van der Waals surface area (Å²) < 4.78 is 0. The first-order valence-corrected chi connectivity index (χ1v) is 11.0. The summed E-state index contributed by atoms with van der Waals surface area (Å²) in [6.07, 6.45) is 0.991. The van der Waals surface area contributed by atoms with Gasteiger partial charge in [0.1, 0.15) is 0 Å². The van der Waals surface area contributed by atoms with Crippen molar-refractivity contribution in [1.29, 1.82) is 0 Å². The quantitative estimate of drug-likeness (QED) is 0.212. The number of benzene rings is 6. The second-order valence-electron chi connectivity index (χ2n) is 8.72. The summed E-state index contributed by atoms with van der Waals surface area (Å²) in [5.74, 6) is 0. The lowest BCUT2D eigenvalue weighted by atomic mass is 9.85. The normalized spacial score (nSPS) is 11.6. The van der Waals surface area contributed by atoms with Crippen molar-refractivity contribution in [3.05, 3.63) is 108 Å². The molecule has 0 N–H and O–H groups in total. The number of hydrogen-bond acceptors (Lipinski definition) is 1. The largest absolute Gasteiger partial charge is 0.298 e. The Balaban J connectivity index is 1.76. The van der Waals surface area contributed by atoms with Crippen molar-refractivity contribution in [1.82, 2.24) is 0 Å². The van der Waals surface area contributed by atoms with E-state index >= 15 is 0 Å². The fourth-order valence-corrected chi connectivity index (χ4v) is 4.98. The minimum absolute atomic E-state index is 0.739. The van der Waals surface area contributed by atoms with Crippen LogP contribution < -0.4 is 0 Å². The molecule has 1 heteroatoms. The fourth-order valence-electron chi connectivity index (χ4n) is 4.98. The van der Waals surface area contributed by atoms with E-state index in [0.717, 1.165) is 28.4 Å². The summed E-state index contributed by atoms with van der Waals surface area (Å²) in [5, 5.41) is 7.04. The molecular formula is C31H22O. The molecule has 6 rings (SSSR count). The standard InChI is InChI=1S/C31H22O/c1-19-3-7-21(8-4-19)25-13-11-23-12-14-26-24(18-32)17-29(22-9-5-20(2)6-10-22)28-16-15-27(25)30(23)31(26)28/h3-18H,1-2H3. The van der Waals surface area contributed by atoms with Crippen LogP contribution in [-0.2, 0) is 0 Å². The fraction of sp³-hybridized carbons (Fsp3) is 0.0645. The van der Waals surface area contributed by atoms with Gasteiger partial charge in [-0.15, -0.1) is 0 Å². The van der Waals surface area contributed by atoms with Crippen LogP contribution in [0.1, 0.15) is 21.5 Å². The van der Waals surface area contributed by atoms with Crippen LogP contribution in [0.5, 0.6) is 0 Å². The van der Waals surface area contributed by atoms with E-state index in [0.29, 0.717) is 0 Å². The first-order chi connectivity index (χ1) is 15.6. The molecule has 0 aromatic heterocycles. The number of rotatable bonds is 3. The molecule has 0 amide bonds. The second-order valence-corrected chi connectivity index (χ2v) is 8.72. The number of aldehydes is 1. The maximum absolute atomic E-state index is 12.1. The van der Waals surface area contributed by atoms with Gasteiger partial charge in [-0.3, -0.25) is 4.79 Å². The van der Waals surface area contributed by atoms with E-state index in [1.807, 2.05) is 6.07 Å². The highest BCUT2D eigenvalue weighted by Gasteiger charge is 2.17. The van der Waals surface area contributed by atoms with E-state index in [1.54, 1.807) is 0 Å². The van der Waals surface area contributed by atoms with Crippen molar-refractivity contribution in [2.45, 2.75) is 13.8 Å². The number of carbonyl (C=O) groups excluding carboxylic acids is 1. The highest BCUT2D eigenvalue weighted by atomic mass is 16.1. The predicted molar refractivity (Wildman–Crippen MR) is 136 cm³/mol. The Bertz CT molecular complexity index is 1620. The van der Waals surface area contributed by atoms with Gasteiger partial charge in [-0.2, -0.15) is 0 Å². The topological polar surface area (TPSA) is 17.1 Å². The molecule has 1 nitrogen and oxygen atoms in total. The van der Waals surface area contributed by atoms with Crippen molar-refractivity contribution >= 4 is 38.6 Å². The van der Waals surface area contributed by atoms with Gasteiger partial charge in [0.05, 0.1) is 0 Å². The Morgan fingerprint density at radius 1 is 0.531 bits per heavy atom. The van der Waals surface area contributed by atoms with Gasteiger partial charge in [-0.05, 0) is 74.5 Å². The van der Waals surface area contributed by atoms with Gasteiger partial charge >= 0.3 is 0 Å². The lowest BCUT2D eigenvalue weighted by molar-refractivity contribution is 0.112. The molecule has 6 aromatic rings. The Morgan fingerprint density at radius 2 is 1.06 bits per heavy atom. The number of aryl methyl sites for hydroxylation is 2. The van der Waals surface area contributed by atoms with Gasteiger partial charge in [-0.25, -0.2) is 0 Å². The van der Waals surface area contributed by atoms with Gasteiger partial charge in [0.2, 0.25) is 0 Å². The SMILES string of the molecule is Cc1ccc(-c2ccc3ccc4c(C=O)cc(-c5ccc(C)cc5)c5ccc2c3c45)cc1. The molecule has 152 valence electrons. The molecule has 0 saturated carbocycles. The highest BCUT2D eigenvalue weighted by Crippen LogP contribution is 2.43. The van der Waals surface area contributed by atoms with E-state index in [2.05, 4.69) is 98.8 Å². The molecule has 0 atom stereocenters. The molecule has 6 aromatic carbocycles. The third-order valence-electron chi connectivity index (χ3n) is 6.67. The average Bonchev–Trinajstić information content (AvgIpc) is 2.83. The lowest BCUT2D eigenvalue weighted by Gasteiger charge is -2.18. The van der Waals surface area contributed by atoms with Crippen LogP contribution in [0, 0.1) is 13.8 Å². The van der Waals surface area contributed by atoms with Crippen molar-refractivity contribution in [2.75, 3.05) is 0 Å². The van der Waals surface area contributed by atoms with Gasteiger partial charge in [0.15, 0.2) is 6.29 Å². The molecule has 0 spiro atoms. The van der Waals surface area contributed by atoms with E-state index in [4.69, 9.17) is 0 Å². The summed E-state index contributed by atoms with van der Waals surface area (Å²) in [5.41, 5.74) is 7.89. The Hall–Kier alpha value is -3.97. The van der Waals surface area contributed by atoms with Gasteiger partial charge in [0, 0.05) is 5.56 Å². The molecule has 0 radical (unpaired) electrons. The first-order valence-electron chi connectivity index (χ1n) is 11.0. The first kappa shape index (κ1) is 18.8. The third kappa shape index (κ3) is 2.75. The molecule has 0 heterocycles. The average molecular weight is 411 g/mol. The molecule has 0 fully saturated rings. The molecule has 32 heavy (non-hydrogen) atoms. The molecule has 0 bridgehead atoms. The lowest BCUT2D eigenvalue weighted by Crippen LogP contribution is -1.93. The second kappa shape index (κ2) is 7.03. The minimum atomic E-state index is 0.739. The zero-order valence-electron chi connectivity index (χ0n) is 18.1. The van der Waals surface area contributed by atoms with Gasteiger partial charge < -0.3 is 0 Å². The van der Waals surface area contributed by atoms with Crippen molar-refractivity contribution < 1.29 is 4.79 Å². The van der Waals surface area contributed by atoms with Crippen LogP contribution in [-0.4, -0.2) is 6.29 Å². The van der Waals surface area contributed by atoms with E-state index in [-0.39, 0.29) is 0 Å². The molecule has 0 aliphatic rings. The molecule has 0 aliphatic carbocycles. The maximum Gasteiger partial charge on any atom is 0.150 e. The molecule has 0 saturated heterocycles. The zero-order valence-corrected chi connectivity index (χ0v) is 18.1. The van der Waals surface area contributed by atoms with Crippen LogP contribution >= 0.6 is 0 Å². The maximum atomic E-state index is 12.1. The Kier molecular flexibility index (Phi) is 4.13. The van der Waals surface area contributed by atoms with Gasteiger partial charge in [-0.1, -0.05) is 96.1 Å². The van der Waals surface area contributed by atoms with Crippen LogP contribution in [0.25, 0.3) is 54.6 Å². The monoisotopic (exact) mass is 410 g/mol. The summed E-state index contributed by atoms with van der Waals surface area (Å²) in [6.45, 7) is 4.21. The number of hydrogen-bond donors (Lipinski definition) is 0. The summed E-state index contributed by atoms with van der Waals surface area (Å²) in [6, 6.07) is 32.4. The predicted octanol–water partition coefficient (Wildman–Crippen LogP) is 8.35. The molecular weight excluding hydrogens is 388 g/mol. The van der Waals surface area contributed by atoms with Crippen molar-refractivity contribution in [3.63, 3.8) is 0 Å². The van der Waals surface area contributed by atoms with Crippen LogP contribution in [0.4, 0.5) is 0 Å². The van der Waals surface area contributed by atoms with Crippen LogP contribution in [0.2, 0.25) is 0 Å². The Labute approximate surface area is 187 Å². The molecule has 0 aliphatic heterocycles.